The van der Waals surface area contributed by atoms with Crippen LogP contribution in [0.15, 0.2) is 55.9 Å². The van der Waals surface area contributed by atoms with Crippen LogP contribution in [0.1, 0.15) is 25.7 Å². The summed E-state index contributed by atoms with van der Waals surface area (Å²) in [6.45, 7) is 0. The van der Waals surface area contributed by atoms with Gasteiger partial charge >= 0.3 is 0 Å². The molecule has 0 bridgehead atoms. The lowest BCUT2D eigenvalue weighted by Crippen LogP contribution is -1.88. The molecule has 0 aliphatic heterocycles. The van der Waals surface area contributed by atoms with Crippen molar-refractivity contribution < 1.29 is 0 Å². The molecule has 1 aromatic rings. The Morgan fingerprint density at radius 1 is 1.19 bits per heavy atom. The Kier molecular flexibility index (Phi) is 4.97. The van der Waals surface area contributed by atoms with Gasteiger partial charge in [-0.25, -0.2) is 0 Å². The number of halogens is 1. The lowest BCUT2D eigenvalue weighted by Gasteiger charge is -2.09. The number of rotatable bonds is 3. The molecule has 16 heavy (non-hydrogen) atoms. The van der Waals surface area contributed by atoms with Gasteiger partial charge in [-0.1, -0.05) is 41.6 Å². The zero-order chi connectivity index (χ0) is 11.2. The molecule has 84 valence electrons. The number of allylic oxidation sites excluding steroid dienone is 3. The first-order chi connectivity index (χ1) is 7.84. The molecular weight excluding hydrogens is 327 g/mol. The van der Waals surface area contributed by atoms with Crippen molar-refractivity contribution in [1.82, 2.24) is 0 Å². The van der Waals surface area contributed by atoms with Gasteiger partial charge in [-0.3, -0.25) is 0 Å². The molecule has 0 nitrogen and oxygen atoms in total. The molecule has 0 unspecified atom stereocenters. The van der Waals surface area contributed by atoms with Gasteiger partial charge in [0.15, 0.2) is 0 Å². The molecule has 0 heterocycles. The predicted molar refractivity (Wildman–Crippen MR) is 81.0 cm³/mol. The van der Waals surface area contributed by atoms with Crippen LogP contribution < -0.4 is 0 Å². The minimum absolute atomic E-state index is 1.25. The van der Waals surface area contributed by atoms with Crippen molar-refractivity contribution in [3.8, 4) is 0 Å². The van der Waals surface area contributed by atoms with Crippen molar-refractivity contribution in [1.29, 1.82) is 0 Å². The van der Waals surface area contributed by atoms with Gasteiger partial charge in [-0.15, -0.1) is 0 Å². The third kappa shape index (κ3) is 3.98. The molecule has 0 saturated carbocycles. The second-order valence-electron chi connectivity index (χ2n) is 3.89. The minimum atomic E-state index is 1.25. The highest BCUT2D eigenvalue weighted by Crippen LogP contribution is 2.33. The monoisotopic (exact) mass is 342 g/mol. The maximum Gasteiger partial charge on any atom is 0.0509 e. The molecule has 0 fully saturated rings. The van der Waals surface area contributed by atoms with E-state index in [4.69, 9.17) is 0 Å². The average molecular weight is 342 g/mol. The van der Waals surface area contributed by atoms with Crippen molar-refractivity contribution in [2.75, 3.05) is 0 Å². The van der Waals surface area contributed by atoms with Crippen molar-refractivity contribution in [3.63, 3.8) is 0 Å². The summed E-state index contributed by atoms with van der Waals surface area (Å²) in [4.78, 5) is 1.32. The molecule has 0 atom stereocenters. The summed E-state index contributed by atoms with van der Waals surface area (Å²) >= 11 is 4.27. The van der Waals surface area contributed by atoms with Gasteiger partial charge < -0.3 is 0 Å². The van der Waals surface area contributed by atoms with E-state index in [-0.39, 0.29) is 0 Å². The first kappa shape index (κ1) is 12.2. The number of hydrogen-bond donors (Lipinski definition) is 0. The van der Waals surface area contributed by atoms with Gasteiger partial charge in [0.25, 0.3) is 0 Å². The first-order valence-corrected chi connectivity index (χ1v) is 7.53. The average Bonchev–Trinajstić information content (AvgIpc) is 2.31. The van der Waals surface area contributed by atoms with Gasteiger partial charge in [0, 0.05) is 4.90 Å². The minimum Gasteiger partial charge on any atom is -0.0834 e. The molecule has 0 amide bonds. The largest absolute Gasteiger partial charge is 0.0834 e. The second kappa shape index (κ2) is 6.50. The smallest absolute Gasteiger partial charge is 0.0509 e. The van der Waals surface area contributed by atoms with Crippen LogP contribution in [0.4, 0.5) is 0 Å². The lowest BCUT2D eigenvalue weighted by atomic mass is 10.00. The fraction of sp³-hybridized carbons (Fsp3) is 0.286. The number of benzene rings is 1. The Hall–Kier alpha value is -0.220. The van der Waals surface area contributed by atoms with E-state index in [1.165, 1.54) is 39.1 Å². The van der Waals surface area contributed by atoms with Gasteiger partial charge in [-0.2, -0.15) is 0 Å². The van der Waals surface area contributed by atoms with E-state index in [0.29, 0.717) is 0 Å². The number of thioether (sulfide) groups is 1. The zero-order valence-electron chi connectivity index (χ0n) is 9.16. The van der Waals surface area contributed by atoms with Crippen molar-refractivity contribution >= 4 is 34.4 Å². The Balaban J connectivity index is 1.99. The standard InChI is InChI=1S/C14H15IS/c15-14(11-12-7-3-1-4-8-12)16-13-9-5-2-6-10-13/h2,5-7,9-11H,1,3-4,8H2/b14-11-. The normalized spacial score (nSPS) is 17.1. The SMILES string of the molecule is I/C(=C/C1=CCCCC1)Sc1ccccc1. The van der Waals surface area contributed by atoms with Crippen LogP contribution in [-0.4, -0.2) is 0 Å². The summed E-state index contributed by atoms with van der Waals surface area (Å²) in [5.41, 5.74) is 1.51. The Bertz CT molecular complexity index is 392. The third-order valence-corrected chi connectivity index (χ3v) is 4.38. The van der Waals surface area contributed by atoms with Gasteiger partial charge in [0.2, 0.25) is 0 Å². The van der Waals surface area contributed by atoms with Crippen molar-refractivity contribution in [2.24, 2.45) is 0 Å². The molecule has 2 heteroatoms. The van der Waals surface area contributed by atoms with Crippen LogP contribution in [0.25, 0.3) is 0 Å². The van der Waals surface area contributed by atoms with E-state index in [1.54, 1.807) is 0 Å². The molecule has 0 aromatic heterocycles. The second-order valence-corrected chi connectivity index (χ2v) is 6.90. The highest BCUT2D eigenvalue weighted by atomic mass is 127. The highest BCUT2D eigenvalue weighted by Gasteiger charge is 2.02. The van der Waals surface area contributed by atoms with Crippen LogP contribution in [0.5, 0.6) is 0 Å². The van der Waals surface area contributed by atoms with Crippen LogP contribution in [-0.2, 0) is 0 Å². The fourth-order valence-electron chi connectivity index (χ4n) is 1.77. The van der Waals surface area contributed by atoms with Crippen LogP contribution in [0.2, 0.25) is 0 Å². The summed E-state index contributed by atoms with van der Waals surface area (Å²) in [6.07, 6.45) is 9.93. The van der Waals surface area contributed by atoms with Crippen LogP contribution >= 0.6 is 34.4 Å². The first-order valence-electron chi connectivity index (χ1n) is 5.64. The third-order valence-electron chi connectivity index (χ3n) is 2.58. The molecular formula is C14H15IS. The van der Waals surface area contributed by atoms with E-state index < -0.39 is 0 Å². The Morgan fingerprint density at radius 2 is 2.00 bits per heavy atom. The molecule has 0 spiro atoms. The zero-order valence-corrected chi connectivity index (χ0v) is 12.1. The van der Waals surface area contributed by atoms with E-state index in [0.717, 1.165) is 0 Å². The molecule has 1 aliphatic carbocycles. The summed E-state index contributed by atoms with van der Waals surface area (Å²) < 4.78 is 1.36. The maximum atomic E-state index is 2.43. The van der Waals surface area contributed by atoms with E-state index in [2.05, 4.69) is 65.1 Å². The summed E-state index contributed by atoms with van der Waals surface area (Å²) in [7, 11) is 0. The summed E-state index contributed by atoms with van der Waals surface area (Å²) in [5, 5.41) is 0. The molecule has 0 radical (unpaired) electrons. The van der Waals surface area contributed by atoms with E-state index in [9.17, 15) is 0 Å². The lowest BCUT2D eigenvalue weighted by molar-refractivity contribution is 0.712. The van der Waals surface area contributed by atoms with Crippen molar-refractivity contribution in [2.45, 2.75) is 30.6 Å². The summed E-state index contributed by atoms with van der Waals surface area (Å²) in [5.74, 6) is 0. The summed E-state index contributed by atoms with van der Waals surface area (Å²) in [6, 6.07) is 10.6. The molecule has 1 aromatic carbocycles. The fourth-order valence-corrected chi connectivity index (χ4v) is 3.66. The van der Waals surface area contributed by atoms with Crippen LogP contribution in [0.3, 0.4) is 0 Å². The van der Waals surface area contributed by atoms with E-state index >= 15 is 0 Å². The van der Waals surface area contributed by atoms with Crippen molar-refractivity contribution in [3.05, 3.63) is 51.0 Å². The quantitative estimate of drug-likeness (QED) is 0.512. The molecule has 1 aliphatic rings. The Morgan fingerprint density at radius 3 is 2.69 bits per heavy atom. The Labute approximate surface area is 115 Å². The topological polar surface area (TPSA) is 0 Å². The molecule has 2 rings (SSSR count). The van der Waals surface area contributed by atoms with Gasteiger partial charge in [0.05, 0.1) is 2.91 Å². The predicted octanol–water partition coefficient (Wildman–Crippen LogP) is 5.56. The molecule has 0 saturated heterocycles. The van der Waals surface area contributed by atoms with E-state index in [1.807, 2.05) is 11.8 Å². The van der Waals surface area contributed by atoms with Gasteiger partial charge in [0.1, 0.15) is 0 Å². The maximum absolute atomic E-state index is 2.43. The number of hydrogen-bond acceptors (Lipinski definition) is 1. The van der Waals surface area contributed by atoms with Crippen LogP contribution in [0, 0.1) is 0 Å². The van der Waals surface area contributed by atoms with Gasteiger partial charge in [-0.05, 0) is 66.5 Å². The highest BCUT2D eigenvalue weighted by molar-refractivity contribution is 14.1. The molecule has 0 N–H and O–H groups in total.